The lowest BCUT2D eigenvalue weighted by Gasteiger charge is -2.11. The Balaban J connectivity index is 2.63. The van der Waals surface area contributed by atoms with Crippen LogP contribution in [0.1, 0.15) is 5.69 Å². The Labute approximate surface area is 119 Å². The maximum absolute atomic E-state index is 10.00. The van der Waals surface area contributed by atoms with E-state index in [0.717, 1.165) is 21.2 Å². The van der Waals surface area contributed by atoms with Crippen LogP contribution in [0.5, 0.6) is 5.75 Å². The van der Waals surface area contributed by atoms with Gasteiger partial charge in [-0.1, -0.05) is 11.6 Å². The largest absolute Gasteiger partial charge is 0.505 e. The number of phenols is 1. The molecule has 0 aliphatic rings. The van der Waals surface area contributed by atoms with Gasteiger partial charge >= 0.3 is 0 Å². The fourth-order valence-corrected chi connectivity index (χ4v) is 2.67. The van der Waals surface area contributed by atoms with Gasteiger partial charge in [-0.2, -0.15) is 0 Å². The number of fused-ring (bicyclic) bond motifs is 1. The molecule has 0 radical (unpaired) electrons. The van der Waals surface area contributed by atoms with Crippen LogP contribution in [0.15, 0.2) is 18.2 Å². The zero-order valence-electron chi connectivity index (χ0n) is 9.54. The molecule has 0 fully saturated rings. The Hall–Kier alpha value is -0.590. The van der Waals surface area contributed by atoms with Gasteiger partial charge in [-0.3, -0.25) is 0 Å². The molecular formula is C12H12ClIN2O. The molecule has 17 heavy (non-hydrogen) atoms. The summed E-state index contributed by atoms with van der Waals surface area (Å²) in [5, 5.41) is 11.4. The van der Waals surface area contributed by atoms with Crippen molar-refractivity contribution in [3.8, 4) is 5.75 Å². The van der Waals surface area contributed by atoms with Crippen molar-refractivity contribution in [2.24, 2.45) is 0 Å². The van der Waals surface area contributed by atoms with Crippen LogP contribution in [0.25, 0.3) is 10.9 Å². The minimum Gasteiger partial charge on any atom is -0.505 e. The SMILES string of the molecule is CN(C)Cc1ccc2c(Cl)cc(I)c(O)c2n1. The van der Waals surface area contributed by atoms with Gasteiger partial charge in [-0.05, 0) is 54.9 Å². The molecule has 2 aromatic rings. The van der Waals surface area contributed by atoms with Gasteiger partial charge in [0.05, 0.1) is 14.3 Å². The van der Waals surface area contributed by atoms with Crippen LogP contribution in [-0.4, -0.2) is 29.1 Å². The van der Waals surface area contributed by atoms with Crippen molar-refractivity contribution >= 4 is 45.1 Å². The van der Waals surface area contributed by atoms with Gasteiger partial charge in [0.1, 0.15) is 5.52 Å². The van der Waals surface area contributed by atoms with E-state index < -0.39 is 0 Å². The van der Waals surface area contributed by atoms with E-state index in [0.29, 0.717) is 10.5 Å². The molecule has 90 valence electrons. The van der Waals surface area contributed by atoms with E-state index in [-0.39, 0.29) is 5.75 Å². The fraction of sp³-hybridized carbons (Fsp3) is 0.250. The highest BCUT2D eigenvalue weighted by atomic mass is 127. The number of halogens is 2. The average molecular weight is 363 g/mol. The van der Waals surface area contributed by atoms with E-state index >= 15 is 0 Å². The molecule has 1 N–H and O–H groups in total. The lowest BCUT2D eigenvalue weighted by Crippen LogP contribution is -2.11. The standard InChI is InChI=1S/C12H12ClIN2O/c1-16(2)6-7-3-4-8-9(13)5-10(14)12(17)11(8)15-7/h3-5,17H,6H2,1-2H3. The molecule has 0 bridgehead atoms. The molecule has 3 nitrogen and oxygen atoms in total. The predicted molar refractivity (Wildman–Crippen MR) is 78.5 cm³/mol. The Morgan fingerprint density at radius 2 is 2.12 bits per heavy atom. The second kappa shape index (κ2) is 4.96. The zero-order valence-corrected chi connectivity index (χ0v) is 12.5. The average Bonchev–Trinajstić information content (AvgIpc) is 2.25. The highest BCUT2D eigenvalue weighted by Crippen LogP contribution is 2.34. The maximum atomic E-state index is 10.00. The van der Waals surface area contributed by atoms with Crippen molar-refractivity contribution in [2.75, 3.05) is 14.1 Å². The van der Waals surface area contributed by atoms with Gasteiger partial charge in [0.15, 0.2) is 5.75 Å². The first-order chi connectivity index (χ1) is 7.99. The van der Waals surface area contributed by atoms with Crippen LogP contribution in [0.4, 0.5) is 0 Å². The molecule has 1 aromatic heterocycles. The zero-order chi connectivity index (χ0) is 12.6. The van der Waals surface area contributed by atoms with Crippen LogP contribution in [-0.2, 0) is 6.54 Å². The van der Waals surface area contributed by atoms with Gasteiger partial charge < -0.3 is 10.0 Å². The maximum Gasteiger partial charge on any atom is 0.155 e. The molecule has 0 saturated heterocycles. The minimum atomic E-state index is 0.200. The molecule has 0 atom stereocenters. The molecule has 0 aliphatic carbocycles. The number of hydrogen-bond acceptors (Lipinski definition) is 3. The number of benzene rings is 1. The van der Waals surface area contributed by atoms with E-state index in [1.165, 1.54) is 0 Å². The summed E-state index contributed by atoms with van der Waals surface area (Å²) in [6.45, 7) is 0.735. The number of aromatic hydroxyl groups is 1. The van der Waals surface area contributed by atoms with Gasteiger partial charge in [-0.15, -0.1) is 0 Å². The van der Waals surface area contributed by atoms with Crippen molar-refractivity contribution in [3.63, 3.8) is 0 Å². The lowest BCUT2D eigenvalue weighted by atomic mass is 10.2. The van der Waals surface area contributed by atoms with E-state index in [1.807, 2.05) is 31.1 Å². The summed E-state index contributed by atoms with van der Waals surface area (Å²) in [6.07, 6.45) is 0. The monoisotopic (exact) mass is 362 g/mol. The normalized spacial score (nSPS) is 11.4. The summed E-state index contributed by atoms with van der Waals surface area (Å²) < 4.78 is 0.717. The number of hydrogen-bond donors (Lipinski definition) is 1. The summed E-state index contributed by atoms with van der Waals surface area (Å²) in [4.78, 5) is 6.48. The quantitative estimate of drug-likeness (QED) is 0.833. The van der Waals surface area contributed by atoms with Crippen LogP contribution >= 0.6 is 34.2 Å². The lowest BCUT2D eigenvalue weighted by molar-refractivity contribution is 0.397. The molecule has 1 aromatic carbocycles. The first-order valence-electron chi connectivity index (χ1n) is 5.10. The predicted octanol–water partition coefficient (Wildman–Crippen LogP) is 3.26. The third-order valence-corrected chi connectivity index (χ3v) is 3.53. The number of phenolic OH excluding ortho intramolecular Hbond substituents is 1. The van der Waals surface area contributed by atoms with Gasteiger partial charge in [-0.25, -0.2) is 4.98 Å². The molecule has 0 saturated carbocycles. The second-order valence-corrected chi connectivity index (χ2v) is 5.69. The van der Waals surface area contributed by atoms with Crippen LogP contribution in [0.2, 0.25) is 5.02 Å². The van der Waals surface area contributed by atoms with Crippen LogP contribution < -0.4 is 0 Å². The Kier molecular flexibility index (Phi) is 3.75. The van der Waals surface area contributed by atoms with E-state index in [9.17, 15) is 5.11 Å². The first kappa shape index (κ1) is 12.9. The summed E-state index contributed by atoms with van der Waals surface area (Å²) >= 11 is 8.18. The van der Waals surface area contributed by atoms with Crippen molar-refractivity contribution in [1.82, 2.24) is 9.88 Å². The highest BCUT2D eigenvalue weighted by molar-refractivity contribution is 14.1. The van der Waals surface area contributed by atoms with Gasteiger partial charge in [0.2, 0.25) is 0 Å². The smallest absolute Gasteiger partial charge is 0.155 e. The summed E-state index contributed by atoms with van der Waals surface area (Å²) in [6, 6.07) is 5.58. The van der Waals surface area contributed by atoms with Crippen LogP contribution in [0, 0.1) is 3.57 Å². The Morgan fingerprint density at radius 1 is 1.41 bits per heavy atom. The third kappa shape index (κ3) is 2.64. The topological polar surface area (TPSA) is 36.4 Å². The molecule has 1 heterocycles. The van der Waals surface area contributed by atoms with E-state index in [2.05, 4.69) is 27.6 Å². The van der Waals surface area contributed by atoms with Gasteiger partial charge in [0, 0.05) is 11.9 Å². The third-order valence-electron chi connectivity index (χ3n) is 2.39. The molecule has 2 rings (SSSR count). The summed E-state index contributed by atoms with van der Waals surface area (Å²) in [7, 11) is 3.96. The fourth-order valence-electron chi connectivity index (χ4n) is 1.66. The minimum absolute atomic E-state index is 0.200. The molecular weight excluding hydrogens is 351 g/mol. The highest BCUT2D eigenvalue weighted by Gasteiger charge is 2.11. The Morgan fingerprint density at radius 3 is 2.76 bits per heavy atom. The van der Waals surface area contributed by atoms with E-state index in [1.54, 1.807) is 6.07 Å². The van der Waals surface area contributed by atoms with Crippen molar-refractivity contribution < 1.29 is 5.11 Å². The second-order valence-electron chi connectivity index (χ2n) is 4.13. The number of nitrogens with zero attached hydrogens (tertiary/aromatic N) is 2. The molecule has 5 heteroatoms. The summed E-state index contributed by atoms with van der Waals surface area (Å²) in [5.74, 6) is 0.200. The first-order valence-corrected chi connectivity index (χ1v) is 6.56. The number of pyridine rings is 1. The van der Waals surface area contributed by atoms with Crippen molar-refractivity contribution in [3.05, 3.63) is 32.5 Å². The van der Waals surface area contributed by atoms with Crippen molar-refractivity contribution in [2.45, 2.75) is 6.54 Å². The summed E-state index contributed by atoms with van der Waals surface area (Å²) in [5.41, 5.74) is 1.48. The van der Waals surface area contributed by atoms with E-state index in [4.69, 9.17) is 11.6 Å². The van der Waals surface area contributed by atoms with Crippen molar-refractivity contribution in [1.29, 1.82) is 0 Å². The van der Waals surface area contributed by atoms with Crippen LogP contribution in [0.3, 0.4) is 0 Å². The van der Waals surface area contributed by atoms with Gasteiger partial charge in [0.25, 0.3) is 0 Å². The number of rotatable bonds is 2. The number of aromatic nitrogens is 1. The molecule has 0 spiro atoms. The molecule has 0 unspecified atom stereocenters. The molecule has 0 amide bonds. The molecule has 0 aliphatic heterocycles. The Bertz CT molecular complexity index is 572.